The Kier molecular flexibility index (Phi) is 15.8. The smallest absolute Gasteiger partial charge is 0.306 e. The highest BCUT2D eigenvalue weighted by atomic mass is 16.5. The van der Waals surface area contributed by atoms with Crippen LogP contribution in [0.4, 0.5) is 0 Å². The summed E-state index contributed by atoms with van der Waals surface area (Å²) >= 11 is 0. The number of hydrogen-bond donors (Lipinski definition) is 1. The second-order valence-corrected chi connectivity index (χ2v) is 19.2. The van der Waals surface area contributed by atoms with Crippen LogP contribution in [0.15, 0.2) is 109 Å². The highest BCUT2D eigenvalue weighted by Crippen LogP contribution is 2.39. The Morgan fingerprint density at radius 2 is 1.01 bits per heavy atom. The van der Waals surface area contributed by atoms with E-state index in [0.717, 1.165) is 98.1 Å². The van der Waals surface area contributed by atoms with Crippen molar-refractivity contribution in [1.29, 1.82) is 0 Å². The van der Waals surface area contributed by atoms with E-state index in [2.05, 4.69) is 64.8 Å². The normalized spacial score (nSPS) is 13.8. The Morgan fingerprint density at radius 3 is 1.41 bits per heavy atom. The molecule has 10 rings (SSSR count). The van der Waals surface area contributed by atoms with Crippen LogP contribution in [0.5, 0.6) is 0 Å². The maximum absolute atomic E-state index is 13.2. The minimum atomic E-state index is -0.854. The highest BCUT2D eigenvalue weighted by Gasteiger charge is 2.30. The second-order valence-electron chi connectivity index (χ2n) is 19.2. The van der Waals surface area contributed by atoms with Crippen LogP contribution in [-0.2, 0) is 53.3 Å². The van der Waals surface area contributed by atoms with Gasteiger partial charge in [0, 0.05) is 62.2 Å². The number of esters is 1. The largest absolute Gasteiger partial charge is 0.481 e. The van der Waals surface area contributed by atoms with Crippen LogP contribution < -0.4 is 0 Å². The molecule has 2 amide bonds. The lowest BCUT2D eigenvalue weighted by molar-refractivity contribution is -0.141. The highest BCUT2D eigenvalue weighted by molar-refractivity contribution is 5.95. The molecule has 1 N–H and O–H groups in total. The van der Waals surface area contributed by atoms with Gasteiger partial charge in [-0.3, -0.25) is 19.2 Å². The number of carbonyl (C=O) groups excluding carboxylic acids is 3. The maximum Gasteiger partial charge on any atom is 0.306 e. The lowest BCUT2D eigenvalue weighted by Crippen LogP contribution is -2.36. The van der Waals surface area contributed by atoms with Crippen molar-refractivity contribution in [2.45, 2.75) is 113 Å². The molecule has 0 saturated carbocycles. The van der Waals surface area contributed by atoms with E-state index >= 15 is 0 Å². The molecule has 2 atom stereocenters. The van der Waals surface area contributed by atoms with Crippen molar-refractivity contribution >= 4 is 45.8 Å². The van der Waals surface area contributed by atoms with Gasteiger partial charge in [-0.25, -0.2) is 9.36 Å². The Bertz CT molecular complexity index is 3380. The number of nitrogens with zero attached hydrogens (tertiary/aromatic N) is 8. The fourth-order valence-electron chi connectivity index (χ4n) is 11.0. The lowest BCUT2D eigenvalue weighted by atomic mass is 9.82. The van der Waals surface area contributed by atoms with Gasteiger partial charge in [-0.15, -0.1) is 10.2 Å². The predicted octanol–water partition coefficient (Wildman–Crippen LogP) is 10.5. The van der Waals surface area contributed by atoms with E-state index in [4.69, 9.17) is 4.74 Å². The van der Waals surface area contributed by atoms with Gasteiger partial charge in [-0.2, -0.15) is 0 Å². The molecule has 14 heteroatoms. The summed E-state index contributed by atoms with van der Waals surface area (Å²) in [5.41, 5.74) is 18.0. The number of rotatable bonds is 12. The van der Waals surface area contributed by atoms with Gasteiger partial charge in [-0.1, -0.05) is 90.6 Å². The molecule has 0 saturated heterocycles. The zero-order chi connectivity index (χ0) is 51.5. The number of aryl methyl sites for hydroxylation is 6. The molecule has 2 unspecified atom stereocenters. The number of carboxylic acids is 1. The van der Waals surface area contributed by atoms with Crippen molar-refractivity contribution in [1.82, 2.24) is 39.8 Å². The molecule has 2 aliphatic rings. The van der Waals surface area contributed by atoms with Crippen LogP contribution in [0.25, 0.3) is 22.1 Å². The number of aliphatic carboxylic acids is 1. The standard InChI is InChI=1S/C30H32N4O3.C29H30N4O3.CH4/c1-5-34-27-12-11-25(20(3)29(27)31-32-34)26(17-28(35)37-4)22-15-19(2)24-13-14-33(18-23(24)16-22)30(36)21-9-7-6-8-10-21;1-4-33-26-11-10-24(19(3)28(26)30-31-33)25(16-27(34)35)21-14-18(2)23-12-13-32(17-22(23)15-21)29(36)20-8-6-5-7-9-20;/h6-12,15-16,26H,5,13-14,17-18H2,1-4H3;5-11,14-15,25H,4,12-13,16-17H2,1-3H3,(H,34,35);1H4. The molecule has 0 spiro atoms. The number of carbonyl (C=O) groups is 4. The Labute approximate surface area is 433 Å². The Morgan fingerprint density at radius 1 is 0.595 bits per heavy atom. The first-order chi connectivity index (χ1) is 35.3. The summed E-state index contributed by atoms with van der Waals surface area (Å²) in [6.45, 7) is 16.2. The quantitative estimate of drug-likeness (QED) is 0.116. The van der Waals surface area contributed by atoms with Crippen molar-refractivity contribution in [3.05, 3.63) is 187 Å². The summed E-state index contributed by atoms with van der Waals surface area (Å²) < 4.78 is 8.81. The molecular weight excluding hydrogens is 929 g/mol. The van der Waals surface area contributed by atoms with Crippen molar-refractivity contribution in [3.8, 4) is 0 Å². The summed E-state index contributed by atoms with van der Waals surface area (Å²) in [5, 5.41) is 27.1. The van der Waals surface area contributed by atoms with Gasteiger partial charge in [0.1, 0.15) is 11.0 Å². The summed E-state index contributed by atoms with van der Waals surface area (Å²) in [6.07, 6.45) is 1.79. The van der Waals surface area contributed by atoms with Crippen LogP contribution in [-0.4, -0.2) is 88.8 Å². The lowest BCUT2D eigenvalue weighted by Gasteiger charge is -2.31. The third-order valence-corrected chi connectivity index (χ3v) is 14.9. The second kappa shape index (κ2) is 22.4. The number of amides is 2. The van der Waals surface area contributed by atoms with Crippen LogP contribution in [0.3, 0.4) is 0 Å². The number of fused-ring (bicyclic) bond motifs is 4. The first-order valence-corrected chi connectivity index (χ1v) is 25.2. The van der Waals surface area contributed by atoms with Crippen LogP contribution in [0, 0.1) is 27.7 Å². The summed E-state index contributed by atoms with van der Waals surface area (Å²) in [6, 6.07) is 35.5. The average molecular weight is 995 g/mol. The van der Waals surface area contributed by atoms with Crippen molar-refractivity contribution < 1.29 is 29.0 Å². The third-order valence-electron chi connectivity index (χ3n) is 14.9. The number of methoxy groups -OCH3 is 1. The molecule has 6 aromatic carbocycles. The molecule has 4 heterocycles. The first-order valence-electron chi connectivity index (χ1n) is 25.2. The average Bonchev–Trinajstić information content (AvgIpc) is 4.05. The van der Waals surface area contributed by atoms with Gasteiger partial charge in [0.25, 0.3) is 11.8 Å². The van der Waals surface area contributed by atoms with Crippen molar-refractivity contribution in [3.63, 3.8) is 0 Å². The van der Waals surface area contributed by atoms with E-state index in [0.29, 0.717) is 37.3 Å². The van der Waals surface area contributed by atoms with Crippen LogP contribution in [0.1, 0.15) is 133 Å². The van der Waals surface area contributed by atoms with Crippen molar-refractivity contribution in [2.24, 2.45) is 0 Å². The maximum atomic E-state index is 13.2. The fraction of sp³-hybridized carbons (Fsp3) is 0.333. The zero-order valence-corrected chi connectivity index (χ0v) is 42.7. The monoisotopic (exact) mass is 995 g/mol. The molecule has 0 bridgehead atoms. The summed E-state index contributed by atoms with van der Waals surface area (Å²) in [4.78, 5) is 54.6. The molecule has 8 aromatic rings. The third kappa shape index (κ3) is 10.4. The minimum absolute atomic E-state index is 0. The number of hydrogen-bond acceptors (Lipinski definition) is 9. The van der Waals surface area contributed by atoms with Gasteiger partial charge >= 0.3 is 11.9 Å². The topological polar surface area (TPSA) is 166 Å². The number of benzene rings is 6. The molecule has 2 aromatic heterocycles. The number of carboxylic acid groups (broad SMARTS) is 1. The van der Waals surface area contributed by atoms with Crippen LogP contribution in [0.2, 0.25) is 0 Å². The molecule has 0 fully saturated rings. The fourth-order valence-corrected chi connectivity index (χ4v) is 11.0. The zero-order valence-electron chi connectivity index (χ0n) is 42.7. The Balaban J connectivity index is 0.000000194. The van der Waals surface area contributed by atoms with Crippen molar-refractivity contribution in [2.75, 3.05) is 20.2 Å². The summed E-state index contributed by atoms with van der Waals surface area (Å²) in [5.74, 6) is -1.59. The van der Waals surface area contributed by atoms with E-state index in [1.165, 1.54) is 23.8 Å². The van der Waals surface area contributed by atoms with E-state index in [1.54, 1.807) is 0 Å². The van der Waals surface area contributed by atoms with E-state index in [1.807, 2.05) is 126 Å². The molecule has 2 aliphatic heterocycles. The molecule has 382 valence electrons. The minimum Gasteiger partial charge on any atom is -0.481 e. The van der Waals surface area contributed by atoms with Crippen LogP contribution >= 0.6 is 0 Å². The molecule has 0 aliphatic carbocycles. The number of aromatic nitrogens is 6. The number of ether oxygens (including phenoxy) is 1. The summed E-state index contributed by atoms with van der Waals surface area (Å²) in [7, 11) is 1.42. The Hall–Kier alpha value is -8.00. The van der Waals surface area contributed by atoms with Gasteiger partial charge < -0.3 is 19.6 Å². The van der Waals surface area contributed by atoms with E-state index < -0.39 is 5.97 Å². The van der Waals surface area contributed by atoms with Gasteiger partial charge in [0.15, 0.2) is 0 Å². The molecular formula is C60H66N8O6. The SMILES string of the molecule is C.CCn1nnc2c(C)c(C(CC(=O)O)c3cc(C)c4c(c3)CN(C(=O)c3ccccc3)CC4)ccc21.CCn1nnc2c(C)c(C(CC(=O)OC)c3cc(C)c4c(c3)CN(C(=O)c3ccccc3)CC4)ccc21. The molecule has 14 nitrogen and oxygen atoms in total. The van der Waals surface area contributed by atoms with Gasteiger partial charge in [-0.05, 0) is 158 Å². The van der Waals surface area contributed by atoms with E-state index in [9.17, 15) is 24.3 Å². The van der Waals surface area contributed by atoms with Gasteiger partial charge in [0.05, 0.1) is 31.0 Å². The predicted molar refractivity (Wildman–Crippen MR) is 287 cm³/mol. The van der Waals surface area contributed by atoms with E-state index in [-0.39, 0.29) is 49.9 Å². The molecule has 74 heavy (non-hydrogen) atoms. The molecule has 0 radical (unpaired) electrons. The first kappa shape index (κ1) is 52.3. The van der Waals surface area contributed by atoms with Gasteiger partial charge in [0.2, 0.25) is 0 Å².